The maximum absolute atomic E-state index is 13.6. The molecule has 2 heterocycles. The number of imidazole rings is 1. The largest absolute Gasteiger partial charge is 0.497 e. The number of nitrogens with zero attached hydrogens (tertiary/aromatic N) is 4. The minimum Gasteiger partial charge on any atom is -0.497 e. The molecule has 1 amide bonds. The van der Waals surface area contributed by atoms with E-state index in [2.05, 4.69) is 9.97 Å². The molecule has 11 heteroatoms. The summed E-state index contributed by atoms with van der Waals surface area (Å²) in [6.45, 7) is 1.31. The van der Waals surface area contributed by atoms with Crippen molar-refractivity contribution in [1.82, 2.24) is 19.1 Å². The molecule has 0 fully saturated rings. The zero-order chi connectivity index (χ0) is 25.1. The summed E-state index contributed by atoms with van der Waals surface area (Å²) in [5.74, 6) is -0.386. The van der Waals surface area contributed by atoms with Crippen molar-refractivity contribution in [2.75, 3.05) is 20.8 Å². The van der Waals surface area contributed by atoms with E-state index in [1.165, 1.54) is 11.7 Å². The summed E-state index contributed by atoms with van der Waals surface area (Å²) in [6, 6.07) is 13.7. The van der Waals surface area contributed by atoms with Crippen LogP contribution in [0, 0.1) is 0 Å². The zero-order valence-corrected chi connectivity index (χ0v) is 19.3. The number of hydrogen-bond acceptors (Lipinski definition) is 8. The van der Waals surface area contributed by atoms with E-state index in [4.69, 9.17) is 19.9 Å². The number of fused-ring (bicyclic) bond motifs is 1. The van der Waals surface area contributed by atoms with Crippen LogP contribution < -0.4 is 20.9 Å². The Morgan fingerprint density at radius 3 is 2.34 bits per heavy atom. The first-order valence-electron chi connectivity index (χ1n) is 10.7. The second-order valence-corrected chi connectivity index (χ2v) is 7.34. The minimum atomic E-state index is -0.887. The molecule has 0 saturated carbocycles. The van der Waals surface area contributed by atoms with Crippen molar-refractivity contribution in [1.29, 1.82) is 0 Å². The maximum Gasteiger partial charge on any atom is 0.335 e. The average molecular weight is 477 g/mol. The van der Waals surface area contributed by atoms with Crippen molar-refractivity contribution in [3.63, 3.8) is 0 Å². The maximum atomic E-state index is 13.6. The number of aromatic nitrogens is 4. The summed E-state index contributed by atoms with van der Waals surface area (Å²) in [6.07, 6.45) is 0. The molecule has 2 aromatic carbocycles. The first-order valence-corrected chi connectivity index (χ1v) is 10.7. The van der Waals surface area contributed by atoms with Crippen molar-refractivity contribution in [3.05, 3.63) is 64.7 Å². The predicted molar refractivity (Wildman–Crippen MR) is 127 cm³/mol. The molecule has 2 aromatic heterocycles. The monoisotopic (exact) mass is 477 g/mol. The smallest absolute Gasteiger partial charge is 0.335 e. The Morgan fingerprint density at radius 1 is 1.00 bits per heavy atom. The molecule has 0 spiro atoms. The van der Waals surface area contributed by atoms with E-state index in [0.29, 0.717) is 22.7 Å². The quantitative estimate of drug-likeness (QED) is 0.380. The van der Waals surface area contributed by atoms with Gasteiger partial charge in [-0.2, -0.15) is 0 Å². The van der Waals surface area contributed by atoms with Gasteiger partial charge in [0.05, 0.1) is 26.5 Å². The van der Waals surface area contributed by atoms with Gasteiger partial charge in [-0.1, -0.05) is 12.1 Å². The number of nitrogens with two attached hydrogens (primary N) is 1. The first-order chi connectivity index (χ1) is 16.9. The van der Waals surface area contributed by atoms with E-state index in [9.17, 15) is 14.4 Å². The van der Waals surface area contributed by atoms with Gasteiger partial charge in [0.2, 0.25) is 0 Å². The number of hydrogen-bond donors (Lipinski definition) is 1. The van der Waals surface area contributed by atoms with Crippen molar-refractivity contribution in [2.45, 2.75) is 13.5 Å². The van der Waals surface area contributed by atoms with Crippen LogP contribution in [0.4, 0.5) is 0 Å². The molecule has 0 aliphatic carbocycles. The van der Waals surface area contributed by atoms with Gasteiger partial charge in [-0.05, 0) is 43.3 Å². The van der Waals surface area contributed by atoms with Gasteiger partial charge in [-0.15, -0.1) is 0 Å². The van der Waals surface area contributed by atoms with E-state index in [1.54, 1.807) is 62.6 Å². The lowest BCUT2D eigenvalue weighted by Crippen LogP contribution is -2.28. The highest BCUT2D eigenvalue weighted by Crippen LogP contribution is 2.28. The molecule has 0 radical (unpaired) electrons. The van der Waals surface area contributed by atoms with E-state index < -0.39 is 24.1 Å². The van der Waals surface area contributed by atoms with Crippen molar-refractivity contribution in [3.8, 4) is 28.6 Å². The Labute approximate surface area is 199 Å². The molecule has 0 aliphatic heterocycles. The van der Waals surface area contributed by atoms with Crippen molar-refractivity contribution in [2.24, 2.45) is 5.73 Å². The van der Waals surface area contributed by atoms with E-state index in [-0.39, 0.29) is 29.3 Å². The van der Waals surface area contributed by atoms with Crippen LogP contribution in [0.25, 0.3) is 28.2 Å². The lowest BCUT2D eigenvalue weighted by molar-refractivity contribution is -0.143. The molecule has 0 atom stereocenters. The molecular formula is C24H23N5O6. The van der Waals surface area contributed by atoms with Gasteiger partial charge < -0.3 is 19.9 Å². The third-order valence-corrected chi connectivity index (χ3v) is 5.27. The van der Waals surface area contributed by atoms with Crippen LogP contribution in [0.5, 0.6) is 11.5 Å². The standard InChI is InChI=1S/C24H23N5O6/c1-4-35-18(30)13-28-20-19(21(25)31)26-22(14-9-11-15(33-2)12-10-14)27-23(20)29(24(28)32)16-7-5-6-8-17(16)34-3/h5-12H,4,13H2,1-3H3,(H2,25,31). The molecule has 0 bridgehead atoms. The van der Waals surface area contributed by atoms with E-state index in [1.807, 2.05) is 0 Å². The average Bonchev–Trinajstić information content (AvgIpc) is 3.14. The highest BCUT2D eigenvalue weighted by atomic mass is 16.5. The van der Waals surface area contributed by atoms with Crippen LogP contribution in [0.1, 0.15) is 17.4 Å². The second kappa shape index (κ2) is 9.67. The molecule has 0 saturated heterocycles. The summed E-state index contributed by atoms with van der Waals surface area (Å²) in [4.78, 5) is 47.4. The van der Waals surface area contributed by atoms with E-state index in [0.717, 1.165) is 4.57 Å². The number of rotatable bonds is 8. The number of carbonyl (C=O) groups excluding carboxylic acids is 2. The van der Waals surface area contributed by atoms with Crippen LogP contribution in [0.2, 0.25) is 0 Å². The van der Waals surface area contributed by atoms with Crippen LogP contribution in [-0.2, 0) is 16.1 Å². The van der Waals surface area contributed by atoms with Gasteiger partial charge in [-0.25, -0.2) is 19.3 Å². The summed E-state index contributed by atoms with van der Waals surface area (Å²) in [5.41, 5.74) is 5.84. The van der Waals surface area contributed by atoms with Crippen LogP contribution in [-0.4, -0.2) is 51.8 Å². The number of methoxy groups -OCH3 is 2. The first kappa shape index (κ1) is 23.5. The number of carbonyl (C=O) groups is 2. The number of benzene rings is 2. The predicted octanol–water partition coefficient (Wildman–Crippen LogP) is 1.93. The lowest BCUT2D eigenvalue weighted by Gasteiger charge is -2.10. The van der Waals surface area contributed by atoms with Gasteiger partial charge in [0.1, 0.15) is 23.6 Å². The Balaban J connectivity index is 2.09. The minimum absolute atomic E-state index is 0.0127. The number of esters is 1. The molecule has 0 aliphatic rings. The topological polar surface area (TPSA) is 141 Å². The van der Waals surface area contributed by atoms with Crippen molar-refractivity contribution < 1.29 is 23.8 Å². The number of ether oxygens (including phenoxy) is 3. The summed E-state index contributed by atoms with van der Waals surface area (Å²) in [7, 11) is 3.01. The molecule has 180 valence electrons. The molecule has 2 N–H and O–H groups in total. The molecule has 0 unspecified atom stereocenters. The third-order valence-electron chi connectivity index (χ3n) is 5.27. The van der Waals surface area contributed by atoms with E-state index >= 15 is 0 Å². The molecule has 4 aromatic rings. The fourth-order valence-electron chi connectivity index (χ4n) is 3.71. The number of primary amides is 1. The number of para-hydroxylation sites is 2. The Bertz CT molecular complexity index is 1470. The van der Waals surface area contributed by atoms with Gasteiger partial charge in [0, 0.05) is 5.56 Å². The van der Waals surface area contributed by atoms with Crippen molar-refractivity contribution >= 4 is 23.0 Å². The van der Waals surface area contributed by atoms with Crippen LogP contribution in [0.15, 0.2) is 53.3 Å². The fraction of sp³-hybridized carbons (Fsp3) is 0.208. The SMILES string of the molecule is CCOC(=O)Cn1c(=O)n(-c2ccccc2OC)c2nc(-c3ccc(OC)cc3)nc(C(N)=O)c21. The van der Waals surface area contributed by atoms with Crippen LogP contribution >= 0.6 is 0 Å². The molecular weight excluding hydrogens is 454 g/mol. The highest BCUT2D eigenvalue weighted by molar-refractivity contribution is 6.02. The highest BCUT2D eigenvalue weighted by Gasteiger charge is 2.26. The lowest BCUT2D eigenvalue weighted by atomic mass is 10.2. The summed E-state index contributed by atoms with van der Waals surface area (Å²) >= 11 is 0. The summed E-state index contributed by atoms with van der Waals surface area (Å²) < 4.78 is 18.0. The fourth-order valence-corrected chi connectivity index (χ4v) is 3.71. The Morgan fingerprint density at radius 2 is 1.71 bits per heavy atom. The third kappa shape index (κ3) is 4.31. The van der Waals surface area contributed by atoms with Gasteiger partial charge >= 0.3 is 11.7 Å². The molecule has 35 heavy (non-hydrogen) atoms. The van der Waals surface area contributed by atoms with Gasteiger partial charge in [0.25, 0.3) is 5.91 Å². The molecule has 11 nitrogen and oxygen atoms in total. The summed E-state index contributed by atoms with van der Waals surface area (Å²) in [5, 5.41) is 0. The van der Waals surface area contributed by atoms with Gasteiger partial charge in [-0.3, -0.25) is 14.2 Å². The Kier molecular flexibility index (Phi) is 6.49. The zero-order valence-electron chi connectivity index (χ0n) is 19.3. The normalized spacial score (nSPS) is 10.8. The van der Waals surface area contributed by atoms with Crippen LogP contribution in [0.3, 0.4) is 0 Å². The van der Waals surface area contributed by atoms with Gasteiger partial charge in [0.15, 0.2) is 17.2 Å². The number of amides is 1. The Hall–Kier alpha value is -4.67. The second-order valence-electron chi connectivity index (χ2n) is 7.34. The molecule has 4 rings (SSSR count).